The minimum absolute atomic E-state index is 0.988. The predicted octanol–water partition coefficient (Wildman–Crippen LogP) is 4.00. The van der Waals surface area contributed by atoms with E-state index in [4.69, 9.17) is 5.26 Å². The van der Waals surface area contributed by atoms with Crippen LogP contribution in [-0.4, -0.2) is 5.75 Å². The zero-order valence-corrected chi connectivity index (χ0v) is 9.80. The van der Waals surface area contributed by atoms with Gasteiger partial charge >= 0.3 is 0 Å². The number of hydrogen-bond donors (Lipinski definition) is 0. The Labute approximate surface area is 96.5 Å². The molecule has 0 heterocycles. The highest BCUT2D eigenvalue weighted by molar-refractivity contribution is 8.03. The summed E-state index contributed by atoms with van der Waals surface area (Å²) in [7, 11) is 0. The van der Waals surface area contributed by atoms with Crippen LogP contribution in [-0.2, 0) is 6.42 Å². The van der Waals surface area contributed by atoms with Crippen LogP contribution in [0.1, 0.15) is 31.2 Å². The smallest absolute Gasteiger partial charge is 0.133 e. The van der Waals surface area contributed by atoms with Crippen LogP contribution in [0.3, 0.4) is 0 Å². The molecule has 0 N–H and O–H groups in total. The molecule has 0 fully saturated rings. The number of rotatable bonds is 7. The van der Waals surface area contributed by atoms with E-state index >= 15 is 0 Å². The molecule has 0 saturated heterocycles. The van der Waals surface area contributed by atoms with Crippen LogP contribution in [0.2, 0.25) is 0 Å². The molecule has 80 valence electrons. The third kappa shape index (κ3) is 6.19. The van der Waals surface area contributed by atoms with Crippen molar-refractivity contribution in [2.24, 2.45) is 0 Å². The second-order valence-corrected chi connectivity index (χ2v) is 4.47. The lowest BCUT2D eigenvalue weighted by Gasteiger charge is -2.00. The third-order valence-electron chi connectivity index (χ3n) is 2.37. The Kier molecular flexibility index (Phi) is 6.77. The summed E-state index contributed by atoms with van der Waals surface area (Å²) in [5.74, 6) is 0.988. The van der Waals surface area contributed by atoms with Gasteiger partial charge in [0.15, 0.2) is 0 Å². The van der Waals surface area contributed by atoms with E-state index in [0.29, 0.717) is 0 Å². The van der Waals surface area contributed by atoms with Gasteiger partial charge in [0.2, 0.25) is 0 Å². The number of thioether (sulfide) groups is 1. The molecule has 0 aromatic heterocycles. The monoisotopic (exact) mass is 219 g/mol. The summed E-state index contributed by atoms with van der Waals surface area (Å²) in [4.78, 5) is 0. The first kappa shape index (κ1) is 12.1. The van der Waals surface area contributed by atoms with Crippen LogP contribution < -0.4 is 0 Å². The largest absolute Gasteiger partial charge is 0.185 e. The topological polar surface area (TPSA) is 23.8 Å². The molecular formula is C13H17NS. The van der Waals surface area contributed by atoms with E-state index in [1.807, 2.05) is 0 Å². The summed E-state index contributed by atoms with van der Waals surface area (Å²) in [6, 6.07) is 10.6. The van der Waals surface area contributed by atoms with Gasteiger partial charge in [0.25, 0.3) is 0 Å². The molecule has 0 bridgehead atoms. The van der Waals surface area contributed by atoms with Gasteiger partial charge in [-0.15, -0.1) is 0 Å². The van der Waals surface area contributed by atoms with Crippen molar-refractivity contribution in [1.82, 2.24) is 0 Å². The molecule has 0 spiro atoms. The molecule has 15 heavy (non-hydrogen) atoms. The molecular weight excluding hydrogens is 202 g/mol. The maximum absolute atomic E-state index is 8.33. The van der Waals surface area contributed by atoms with Crippen LogP contribution in [0.5, 0.6) is 0 Å². The van der Waals surface area contributed by atoms with E-state index in [2.05, 4.69) is 35.7 Å². The molecule has 0 aliphatic carbocycles. The molecule has 0 saturated carbocycles. The zero-order chi connectivity index (χ0) is 10.8. The Morgan fingerprint density at radius 1 is 1.00 bits per heavy atom. The molecule has 0 atom stereocenters. The molecule has 0 amide bonds. The molecule has 0 aliphatic heterocycles. The lowest BCUT2D eigenvalue weighted by molar-refractivity contribution is 0.670. The van der Waals surface area contributed by atoms with E-state index in [0.717, 1.165) is 5.75 Å². The standard InChI is InChI=1S/C13H17NS/c14-12-15-11-7-2-1-4-8-13-9-5-3-6-10-13/h3,5-6,9-10H,1-2,4,7-8,11H2. The Hall–Kier alpha value is -0.940. The van der Waals surface area contributed by atoms with Gasteiger partial charge in [0.05, 0.1) is 0 Å². The summed E-state index contributed by atoms with van der Waals surface area (Å²) in [6.45, 7) is 0. The van der Waals surface area contributed by atoms with Gasteiger partial charge in [-0.3, -0.25) is 0 Å². The lowest BCUT2D eigenvalue weighted by Crippen LogP contribution is -1.86. The lowest BCUT2D eigenvalue weighted by atomic mass is 10.1. The summed E-state index contributed by atoms with van der Waals surface area (Å²) >= 11 is 1.37. The zero-order valence-electron chi connectivity index (χ0n) is 8.98. The Morgan fingerprint density at radius 2 is 1.73 bits per heavy atom. The van der Waals surface area contributed by atoms with Gasteiger partial charge < -0.3 is 0 Å². The minimum Gasteiger partial charge on any atom is -0.185 e. The molecule has 2 heteroatoms. The highest BCUT2D eigenvalue weighted by Crippen LogP contribution is 2.09. The van der Waals surface area contributed by atoms with Gasteiger partial charge in [-0.1, -0.05) is 43.2 Å². The normalized spacial score (nSPS) is 9.80. The highest BCUT2D eigenvalue weighted by atomic mass is 32.2. The van der Waals surface area contributed by atoms with Crippen molar-refractivity contribution < 1.29 is 0 Å². The molecule has 1 aromatic rings. The van der Waals surface area contributed by atoms with Crippen molar-refractivity contribution in [2.45, 2.75) is 32.1 Å². The van der Waals surface area contributed by atoms with E-state index in [-0.39, 0.29) is 0 Å². The summed E-state index contributed by atoms with van der Waals surface area (Å²) in [6.07, 6.45) is 6.16. The highest BCUT2D eigenvalue weighted by Gasteiger charge is 1.93. The maximum Gasteiger partial charge on any atom is 0.133 e. The fraction of sp³-hybridized carbons (Fsp3) is 0.462. The van der Waals surface area contributed by atoms with E-state index in [1.54, 1.807) is 0 Å². The summed E-state index contributed by atoms with van der Waals surface area (Å²) < 4.78 is 0. The summed E-state index contributed by atoms with van der Waals surface area (Å²) in [5, 5.41) is 10.4. The number of thiocyanates is 1. The maximum atomic E-state index is 8.33. The molecule has 1 rings (SSSR count). The molecule has 1 aromatic carbocycles. The Balaban J connectivity index is 1.96. The molecule has 1 nitrogen and oxygen atoms in total. The van der Waals surface area contributed by atoms with E-state index in [1.165, 1.54) is 49.4 Å². The number of aryl methyl sites for hydroxylation is 1. The van der Waals surface area contributed by atoms with Crippen molar-refractivity contribution in [1.29, 1.82) is 5.26 Å². The number of nitriles is 1. The van der Waals surface area contributed by atoms with Crippen molar-refractivity contribution >= 4 is 11.8 Å². The van der Waals surface area contributed by atoms with Crippen molar-refractivity contribution in [3.8, 4) is 5.40 Å². The van der Waals surface area contributed by atoms with Crippen molar-refractivity contribution in [3.05, 3.63) is 35.9 Å². The first-order valence-electron chi connectivity index (χ1n) is 5.48. The van der Waals surface area contributed by atoms with Gasteiger partial charge in [-0.25, -0.2) is 0 Å². The average molecular weight is 219 g/mol. The quantitative estimate of drug-likeness (QED) is 0.511. The van der Waals surface area contributed by atoms with Crippen molar-refractivity contribution in [3.63, 3.8) is 0 Å². The second-order valence-electron chi connectivity index (χ2n) is 3.59. The number of nitrogens with zero attached hydrogens (tertiary/aromatic N) is 1. The van der Waals surface area contributed by atoms with E-state index in [9.17, 15) is 0 Å². The average Bonchev–Trinajstić information content (AvgIpc) is 2.29. The van der Waals surface area contributed by atoms with Gasteiger partial charge in [-0.2, -0.15) is 5.26 Å². The van der Waals surface area contributed by atoms with Crippen LogP contribution in [0, 0.1) is 10.7 Å². The van der Waals surface area contributed by atoms with E-state index < -0.39 is 0 Å². The second kappa shape index (κ2) is 8.38. The number of benzene rings is 1. The summed E-state index contributed by atoms with van der Waals surface area (Å²) in [5.41, 5.74) is 1.43. The van der Waals surface area contributed by atoms with Gasteiger partial charge in [0.1, 0.15) is 5.40 Å². The fourth-order valence-electron chi connectivity index (χ4n) is 1.55. The van der Waals surface area contributed by atoms with Crippen LogP contribution in [0.25, 0.3) is 0 Å². The van der Waals surface area contributed by atoms with Crippen LogP contribution >= 0.6 is 11.8 Å². The Bertz CT molecular complexity index is 289. The Morgan fingerprint density at radius 3 is 2.47 bits per heavy atom. The van der Waals surface area contributed by atoms with Crippen LogP contribution in [0.4, 0.5) is 0 Å². The fourth-order valence-corrected chi connectivity index (χ4v) is 1.99. The predicted molar refractivity (Wildman–Crippen MR) is 66.7 cm³/mol. The molecule has 0 unspecified atom stereocenters. The molecule has 0 radical (unpaired) electrons. The van der Waals surface area contributed by atoms with Crippen LogP contribution in [0.15, 0.2) is 30.3 Å². The third-order valence-corrected chi connectivity index (χ3v) is 2.99. The van der Waals surface area contributed by atoms with Gasteiger partial charge in [-0.05, 0) is 36.6 Å². The number of hydrogen-bond acceptors (Lipinski definition) is 2. The van der Waals surface area contributed by atoms with Crippen molar-refractivity contribution in [2.75, 3.05) is 5.75 Å². The molecule has 0 aliphatic rings. The SMILES string of the molecule is N#CSCCCCCCc1ccccc1. The first-order chi connectivity index (χ1) is 7.43. The first-order valence-corrected chi connectivity index (χ1v) is 6.47. The minimum atomic E-state index is 0.988. The van der Waals surface area contributed by atoms with Gasteiger partial charge in [0, 0.05) is 5.75 Å². The number of unbranched alkanes of at least 4 members (excludes halogenated alkanes) is 3.